The zero-order valence-corrected chi connectivity index (χ0v) is 29.1. The molecule has 0 unspecified atom stereocenters. The molecule has 0 spiro atoms. The number of amidine groups is 2. The fraction of sp³-hybridized carbons (Fsp3) is 0.821. The Bertz CT molecular complexity index is 1230. The summed E-state index contributed by atoms with van der Waals surface area (Å²) in [6, 6.07) is -1.14. The van der Waals surface area contributed by atoms with Crippen molar-refractivity contribution in [1.82, 2.24) is 9.80 Å². The number of fused-ring (bicyclic) bond motifs is 4. The number of carbonyl (C=O) groups is 3. The number of carbonyl (C=O) groups excluding carboxylic acids is 3. The lowest BCUT2D eigenvalue weighted by atomic mass is 9.99. The van der Waals surface area contributed by atoms with Gasteiger partial charge in [-0.3, -0.25) is 19.8 Å². The van der Waals surface area contributed by atoms with E-state index in [-0.39, 0.29) is 13.3 Å². The molecule has 0 aromatic heterocycles. The average Bonchev–Trinajstić information content (AvgIpc) is 3.68. The van der Waals surface area contributed by atoms with E-state index in [1.807, 2.05) is 0 Å². The third-order valence-electron chi connectivity index (χ3n) is 6.95. The van der Waals surface area contributed by atoms with Gasteiger partial charge in [0.25, 0.3) is 0 Å². The van der Waals surface area contributed by atoms with Crippen molar-refractivity contribution in [3.63, 3.8) is 0 Å². The van der Waals surface area contributed by atoms with Gasteiger partial charge in [-0.25, -0.2) is 14.4 Å². The lowest BCUT2D eigenvalue weighted by Gasteiger charge is -2.37. The molecule has 0 aliphatic carbocycles. The summed E-state index contributed by atoms with van der Waals surface area (Å²) in [6.45, 7) is 10.2. The van der Waals surface area contributed by atoms with Crippen molar-refractivity contribution >= 4 is 63.8 Å². The average molecular weight is 729 g/mol. The van der Waals surface area contributed by atoms with E-state index in [0.717, 1.165) is 11.8 Å². The Balaban J connectivity index is 0.000000251. The normalized spacial score (nSPS) is 34.0. The summed E-state index contributed by atoms with van der Waals surface area (Å²) in [7, 11) is 3.09. The molecule has 0 aromatic rings. The summed E-state index contributed by atoms with van der Waals surface area (Å²) in [5, 5.41) is 29.9. The van der Waals surface area contributed by atoms with E-state index >= 15 is 0 Å². The first-order valence-corrected chi connectivity index (χ1v) is 16.8. The van der Waals surface area contributed by atoms with Crippen molar-refractivity contribution in [2.45, 2.75) is 120 Å². The molecule has 5 rings (SSSR count). The predicted molar refractivity (Wildman–Crippen MR) is 175 cm³/mol. The molecule has 3 saturated heterocycles. The van der Waals surface area contributed by atoms with Gasteiger partial charge in [-0.1, -0.05) is 31.0 Å². The number of nitrogens with zero attached hydrogens (tertiary/aromatic N) is 4. The zero-order chi connectivity index (χ0) is 34.3. The Labute approximate surface area is 287 Å². The molecule has 10 atom stereocenters. The van der Waals surface area contributed by atoms with E-state index in [1.165, 1.54) is 28.6 Å². The number of halogens is 1. The van der Waals surface area contributed by atoms with Gasteiger partial charge in [-0.15, -0.1) is 11.6 Å². The van der Waals surface area contributed by atoms with Gasteiger partial charge in [-0.05, 0) is 41.5 Å². The van der Waals surface area contributed by atoms with Crippen LogP contribution in [0.4, 0.5) is 14.4 Å². The molecule has 268 valence electrons. The van der Waals surface area contributed by atoms with Crippen molar-refractivity contribution in [1.29, 1.82) is 0 Å². The number of rotatable bonds is 2. The van der Waals surface area contributed by atoms with E-state index < -0.39 is 95.7 Å². The molecule has 0 radical (unpaired) electrons. The van der Waals surface area contributed by atoms with Crippen molar-refractivity contribution in [3.8, 4) is 0 Å². The van der Waals surface area contributed by atoms with Gasteiger partial charge in [0.15, 0.2) is 22.5 Å². The molecular weight excluding hydrogens is 684 g/mol. The highest BCUT2D eigenvalue weighted by atomic mass is 35.5. The maximum atomic E-state index is 12.2. The monoisotopic (exact) mass is 728 g/mol. The van der Waals surface area contributed by atoms with Crippen molar-refractivity contribution < 1.29 is 58.1 Å². The lowest BCUT2D eigenvalue weighted by molar-refractivity contribution is -0.164. The molecule has 0 bridgehead atoms. The number of thioether (sulfide) groups is 2. The van der Waals surface area contributed by atoms with Gasteiger partial charge < -0.3 is 43.7 Å². The quantitative estimate of drug-likeness (QED) is 0.213. The molecule has 5 aliphatic rings. The van der Waals surface area contributed by atoms with Crippen LogP contribution in [-0.2, 0) is 28.4 Å². The van der Waals surface area contributed by atoms with Gasteiger partial charge in [0.1, 0.15) is 58.6 Å². The number of amides is 2. The molecule has 3 fully saturated rings. The fourth-order valence-corrected chi connectivity index (χ4v) is 7.36. The van der Waals surface area contributed by atoms with Crippen LogP contribution in [0.5, 0.6) is 0 Å². The minimum Gasteiger partial charge on any atom is -0.443 e. The molecule has 16 nitrogen and oxygen atoms in total. The Morgan fingerprint density at radius 1 is 0.830 bits per heavy atom. The van der Waals surface area contributed by atoms with E-state index in [2.05, 4.69) is 9.98 Å². The molecule has 2 amide bonds. The molecule has 0 aromatic carbocycles. The van der Waals surface area contributed by atoms with Crippen LogP contribution in [0.3, 0.4) is 0 Å². The Morgan fingerprint density at radius 2 is 1.28 bits per heavy atom. The van der Waals surface area contributed by atoms with Crippen LogP contribution in [0.25, 0.3) is 0 Å². The first-order valence-electron chi connectivity index (χ1n) is 14.5. The topological polar surface area (TPSA) is 198 Å². The number of alkyl halides is 1. The largest absolute Gasteiger partial charge is 0.509 e. The highest BCUT2D eigenvalue weighted by Gasteiger charge is 2.57. The molecule has 5 aliphatic heterocycles. The Kier molecular flexibility index (Phi) is 12.8. The van der Waals surface area contributed by atoms with Crippen molar-refractivity contribution in [3.05, 3.63) is 0 Å². The Hall–Kier alpha value is -2.06. The minimum absolute atomic E-state index is 0. The summed E-state index contributed by atoms with van der Waals surface area (Å²) in [5.41, 5.74) is -2.20. The highest BCUT2D eigenvalue weighted by Crippen LogP contribution is 2.42. The third kappa shape index (κ3) is 9.14. The van der Waals surface area contributed by atoms with Crippen molar-refractivity contribution in [2.75, 3.05) is 26.6 Å². The van der Waals surface area contributed by atoms with Gasteiger partial charge in [0.2, 0.25) is 0 Å². The molecule has 0 saturated carbocycles. The summed E-state index contributed by atoms with van der Waals surface area (Å²) in [4.78, 5) is 47.0. The van der Waals surface area contributed by atoms with Gasteiger partial charge >= 0.3 is 18.3 Å². The molecule has 47 heavy (non-hydrogen) atoms. The number of hydrogen-bond donors (Lipinski definition) is 3. The second-order valence-electron chi connectivity index (χ2n) is 12.9. The summed E-state index contributed by atoms with van der Waals surface area (Å²) in [5.74, 6) is 0.166. The van der Waals surface area contributed by atoms with E-state index in [1.54, 1.807) is 48.6 Å². The first-order chi connectivity index (χ1) is 21.3. The SMILES string of the molecule is C.CN(C(=O)OC(C)(C)C)C1=N[C@@H]2[C@@H](O)[C@H](O)[C@@H](CO)O[C@@H]2S1.CN(C(=O)OC(C)(C)C)C1=N[C@@H]2[C@H]3OC(=O)O[C@@H]3[C@@H](CCl)O[C@@H]2S1. The van der Waals surface area contributed by atoms with Crippen LogP contribution in [-0.4, -0.2) is 151 Å². The van der Waals surface area contributed by atoms with Crippen LogP contribution < -0.4 is 0 Å². The van der Waals surface area contributed by atoms with Crippen LogP contribution >= 0.6 is 35.1 Å². The zero-order valence-electron chi connectivity index (χ0n) is 26.7. The van der Waals surface area contributed by atoms with E-state index in [9.17, 15) is 24.6 Å². The van der Waals surface area contributed by atoms with Crippen LogP contribution in [0.2, 0.25) is 0 Å². The van der Waals surface area contributed by atoms with Crippen LogP contribution in [0, 0.1) is 0 Å². The number of aliphatic imine (C=N–C) groups is 2. The van der Waals surface area contributed by atoms with Crippen LogP contribution in [0.15, 0.2) is 9.98 Å². The van der Waals surface area contributed by atoms with E-state index in [4.69, 9.17) is 45.1 Å². The summed E-state index contributed by atoms with van der Waals surface area (Å²) < 4.78 is 32.3. The molecule has 3 N–H and O–H groups in total. The Morgan fingerprint density at radius 3 is 1.74 bits per heavy atom. The second kappa shape index (κ2) is 15.2. The maximum Gasteiger partial charge on any atom is 0.509 e. The van der Waals surface area contributed by atoms with Crippen molar-refractivity contribution in [2.24, 2.45) is 9.98 Å². The van der Waals surface area contributed by atoms with E-state index in [0.29, 0.717) is 10.3 Å². The lowest BCUT2D eigenvalue weighted by Crippen LogP contribution is -2.55. The van der Waals surface area contributed by atoms with Gasteiger partial charge in [0, 0.05) is 14.1 Å². The minimum atomic E-state index is -1.22. The maximum absolute atomic E-state index is 12.2. The first kappa shape index (κ1) is 39.4. The molecule has 5 heterocycles. The molecular formula is C28H45ClN4O12S2. The van der Waals surface area contributed by atoms with Gasteiger partial charge in [-0.2, -0.15) is 0 Å². The fourth-order valence-electron chi connectivity index (χ4n) is 4.75. The highest BCUT2D eigenvalue weighted by molar-refractivity contribution is 8.14. The number of aliphatic hydroxyl groups is 3. The molecule has 19 heteroatoms. The summed E-state index contributed by atoms with van der Waals surface area (Å²) >= 11 is 8.33. The summed E-state index contributed by atoms with van der Waals surface area (Å²) in [6.07, 6.45) is -6.72. The number of ether oxygens (including phenoxy) is 6. The smallest absolute Gasteiger partial charge is 0.443 e. The predicted octanol–water partition coefficient (Wildman–Crippen LogP) is 2.59. The van der Waals surface area contributed by atoms with Gasteiger partial charge in [0.05, 0.1) is 12.5 Å². The number of aliphatic hydroxyl groups excluding tert-OH is 3. The standard InChI is InChI=1S/C14H19ClN2O6S.C13H22N2O6S.CH4/c1-14(2,3)23-12(18)17(4)11-16-7-9-8(21-13(19)22-9)6(5-15)20-10(7)24-11;1-13(2,3)21-12(19)15(4)11-14-7-9(18)8(17)6(5-16)20-10(7)22-11;/h6-10H,5H2,1-4H3;6-10,16-18H,5H2,1-4H3;1H4/t2*6-,7-,8-,9-,10-;/m11./s1. The number of hydrogen-bond acceptors (Lipinski definition) is 16. The second-order valence-corrected chi connectivity index (χ2v) is 15.4. The van der Waals surface area contributed by atoms with Crippen LogP contribution in [0.1, 0.15) is 49.0 Å². The third-order valence-corrected chi connectivity index (χ3v) is 9.68.